The van der Waals surface area contributed by atoms with E-state index in [0.717, 1.165) is 41.8 Å². The third-order valence-corrected chi connectivity index (χ3v) is 5.82. The molecular formula is C25H31Cl2N2O2+. The highest BCUT2D eigenvalue weighted by atomic mass is 35.5. The van der Waals surface area contributed by atoms with Crippen LogP contribution < -0.4 is 9.30 Å². The van der Waals surface area contributed by atoms with Crippen molar-refractivity contribution < 1.29 is 14.0 Å². The Morgan fingerprint density at radius 3 is 2.55 bits per heavy atom. The van der Waals surface area contributed by atoms with Gasteiger partial charge in [-0.05, 0) is 43.5 Å². The van der Waals surface area contributed by atoms with Gasteiger partial charge in [-0.3, -0.25) is 0 Å². The zero-order valence-electron chi connectivity index (χ0n) is 18.5. The Balaban J connectivity index is 1.63. The summed E-state index contributed by atoms with van der Waals surface area (Å²) in [6.45, 7) is 9.06. The second-order valence-corrected chi connectivity index (χ2v) is 8.64. The standard InChI is InChI=1S/C25H31Cl2N2O2/c1-4-5-14-30-24(22-10-9-21(26)16-23(22)27)17-29-12-11-28(18-29)13-15-31-25-19(2)7-6-8-20(25)3/h6-12,16,18,24H,4-5,13-15,17H2,1-3H3/q+1. The first kappa shape index (κ1) is 23.6. The monoisotopic (exact) mass is 461 g/mol. The fourth-order valence-electron chi connectivity index (χ4n) is 3.52. The highest BCUT2D eigenvalue weighted by Crippen LogP contribution is 2.29. The normalized spacial score (nSPS) is 12.2. The molecule has 1 unspecified atom stereocenters. The molecule has 166 valence electrons. The fourth-order valence-corrected chi connectivity index (χ4v) is 4.05. The molecule has 1 aromatic heterocycles. The molecule has 3 rings (SSSR count). The van der Waals surface area contributed by atoms with Crippen molar-refractivity contribution in [2.45, 2.75) is 52.8 Å². The van der Waals surface area contributed by atoms with Gasteiger partial charge in [-0.2, -0.15) is 0 Å². The number of rotatable bonds is 11. The average Bonchev–Trinajstić information content (AvgIpc) is 3.17. The topological polar surface area (TPSA) is 27.3 Å². The Morgan fingerprint density at radius 2 is 1.84 bits per heavy atom. The SMILES string of the molecule is CCCCOC(C[n+]1ccn(CCOc2c(C)cccc2C)c1)c1ccc(Cl)cc1Cl. The summed E-state index contributed by atoms with van der Waals surface area (Å²) in [5, 5.41) is 1.26. The van der Waals surface area contributed by atoms with Gasteiger partial charge in [0.2, 0.25) is 6.33 Å². The smallest absolute Gasteiger partial charge is 0.243 e. The zero-order chi connectivity index (χ0) is 22.2. The number of aryl methyl sites for hydroxylation is 2. The van der Waals surface area contributed by atoms with Crippen LogP contribution in [0.15, 0.2) is 55.1 Å². The van der Waals surface area contributed by atoms with Crippen molar-refractivity contribution in [3.63, 3.8) is 0 Å². The lowest BCUT2D eigenvalue weighted by molar-refractivity contribution is -0.704. The number of nitrogens with zero attached hydrogens (tertiary/aromatic N) is 2. The fraction of sp³-hybridized carbons (Fsp3) is 0.400. The minimum Gasteiger partial charge on any atom is -0.489 e. The number of para-hydroxylation sites is 1. The summed E-state index contributed by atoms with van der Waals surface area (Å²) < 4.78 is 16.5. The number of hydrogen-bond donors (Lipinski definition) is 0. The summed E-state index contributed by atoms with van der Waals surface area (Å²) in [5.41, 5.74) is 3.28. The molecule has 3 aromatic rings. The molecule has 0 saturated heterocycles. The molecule has 0 bridgehead atoms. The van der Waals surface area contributed by atoms with Crippen LogP contribution in [-0.2, 0) is 17.8 Å². The van der Waals surface area contributed by atoms with Crippen LogP contribution in [0.4, 0.5) is 0 Å². The van der Waals surface area contributed by atoms with Gasteiger partial charge in [0.15, 0.2) is 0 Å². The van der Waals surface area contributed by atoms with Gasteiger partial charge >= 0.3 is 0 Å². The highest BCUT2D eigenvalue weighted by Gasteiger charge is 2.19. The maximum atomic E-state index is 6.47. The summed E-state index contributed by atoms with van der Waals surface area (Å²) in [6.07, 6.45) is 8.16. The third-order valence-electron chi connectivity index (χ3n) is 5.25. The minimum absolute atomic E-state index is 0.136. The van der Waals surface area contributed by atoms with E-state index in [1.807, 2.05) is 12.1 Å². The van der Waals surface area contributed by atoms with E-state index in [4.69, 9.17) is 32.7 Å². The van der Waals surface area contributed by atoms with Gasteiger partial charge in [0.25, 0.3) is 0 Å². The van der Waals surface area contributed by atoms with E-state index < -0.39 is 0 Å². The van der Waals surface area contributed by atoms with Crippen LogP contribution in [-0.4, -0.2) is 17.8 Å². The Bertz CT molecular complexity index is 967. The van der Waals surface area contributed by atoms with Crippen LogP contribution in [0.5, 0.6) is 5.75 Å². The van der Waals surface area contributed by atoms with Gasteiger partial charge in [0.1, 0.15) is 43.9 Å². The molecule has 1 atom stereocenters. The first-order chi connectivity index (χ1) is 15.0. The number of hydrogen-bond acceptors (Lipinski definition) is 2. The molecule has 6 heteroatoms. The summed E-state index contributed by atoms with van der Waals surface area (Å²) in [4.78, 5) is 0. The molecule has 0 spiro atoms. The lowest BCUT2D eigenvalue weighted by Gasteiger charge is -2.18. The number of halogens is 2. The molecule has 0 radical (unpaired) electrons. The highest BCUT2D eigenvalue weighted by molar-refractivity contribution is 6.35. The summed E-state index contributed by atoms with van der Waals surface area (Å²) in [6, 6.07) is 11.8. The summed E-state index contributed by atoms with van der Waals surface area (Å²) in [5.74, 6) is 0.976. The largest absolute Gasteiger partial charge is 0.489 e. The Labute approximate surface area is 195 Å². The van der Waals surface area contributed by atoms with Crippen molar-refractivity contribution in [2.75, 3.05) is 13.2 Å². The van der Waals surface area contributed by atoms with E-state index in [-0.39, 0.29) is 6.10 Å². The first-order valence-corrected chi connectivity index (χ1v) is 11.5. The number of aromatic nitrogens is 2. The van der Waals surface area contributed by atoms with E-state index in [1.165, 1.54) is 0 Å². The van der Waals surface area contributed by atoms with Gasteiger partial charge in [-0.15, -0.1) is 0 Å². The molecule has 4 nitrogen and oxygen atoms in total. The van der Waals surface area contributed by atoms with Crippen LogP contribution in [0.1, 0.15) is 42.6 Å². The van der Waals surface area contributed by atoms with Crippen molar-refractivity contribution >= 4 is 23.2 Å². The van der Waals surface area contributed by atoms with E-state index in [2.05, 4.69) is 66.8 Å². The van der Waals surface area contributed by atoms with E-state index >= 15 is 0 Å². The molecule has 0 aliphatic carbocycles. The molecule has 0 amide bonds. The summed E-state index contributed by atoms with van der Waals surface area (Å²) >= 11 is 12.5. The van der Waals surface area contributed by atoms with Crippen LogP contribution in [0.3, 0.4) is 0 Å². The minimum atomic E-state index is -0.136. The quantitative estimate of drug-likeness (QED) is 0.246. The zero-order valence-corrected chi connectivity index (χ0v) is 20.0. The predicted molar refractivity (Wildman–Crippen MR) is 126 cm³/mol. The number of benzene rings is 2. The van der Waals surface area contributed by atoms with Crippen LogP contribution in [0.2, 0.25) is 10.0 Å². The van der Waals surface area contributed by atoms with Crippen molar-refractivity contribution in [3.8, 4) is 5.75 Å². The Hall–Kier alpha value is -2.01. The maximum Gasteiger partial charge on any atom is 0.243 e. The second kappa shape index (κ2) is 11.6. The van der Waals surface area contributed by atoms with Gasteiger partial charge in [-0.25, -0.2) is 9.13 Å². The van der Waals surface area contributed by atoms with Crippen LogP contribution in [0.25, 0.3) is 0 Å². The van der Waals surface area contributed by atoms with E-state index in [0.29, 0.717) is 29.8 Å². The Morgan fingerprint density at radius 1 is 1.06 bits per heavy atom. The molecule has 1 heterocycles. The van der Waals surface area contributed by atoms with Crippen molar-refractivity contribution in [3.05, 3.63) is 81.9 Å². The lowest BCUT2D eigenvalue weighted by atomic mass is 10.1. The first-order valence-electron chi connectivity index (χ1n) is 10.8. The van der Waals surface area contributed by atoms with Gasteiger partial charge < -0.3 is 9.47 Å². The molecule has 31 heavy (non-hydrogen) atoms. The molecule has 2 aromatic carbocycles. The van der Waals surface area contributed by atoms with Crippen molar-refractivity contribution in [2.24, 2.45) is 0 Å². The molecule has 0 aliphatic rings. The van der Waals surface area contributed by atoms with Crippen LogP contribution >= 0.6 is 23.2 Å². The molecule has 0 fully saturated rings. The van der Waals surface area contributed by atoms with E-state index in [1.54, 1.807) is 6.07 Å². The number of imidazole rings is 1. The van der Waals surface area contributed by atoms with Gasteiger partial charge in [-0.1, -0.05) is 60.8 Å². The Kier molecular flexibility index (Phi) is 8.82. The second-order valence-electron chi connectivity index (χ2n) is 7.80. The summed E-state index contributed by atoms with van der Waals surface area (Å²) in [7, 11) is 0. The van der Waals surface area contributed by atoms with Crippen molar-refractivity contribution in [1.82, 2.24) is 4.57 Å². The van der Waals surface area contributed by atoms with Crippen LogP contribution in [0, 0.1) is 13.8 Å². The molecule has 0 aliphatic heterocycles. The maximum absolute atomic E-state index is 6.47. The molecular weight excluding hydrogens is 431 g/mol. The average molecular weight is 462 g/mol. The van der Waals surface area contributed by atoms with E-state index in [9.17, 15) is 0 Å². The van der Waals surface area contributed by atoms with Crippen molar-refractivity contribution in [1.29, 1.82) is 0 Å². The van der Waals surface area contributed by atoms with Gasteiger partial charge in [0, 0.05) is 22.2 Å². The number of ether oxygens (including phenoxy) is 2. The molecule has 0 saturated carbocycles. The number of unbranched alkanes of at least 4 members (excludes halogenated alkanes) is 1. The molecule has 0 N–H and O–H groups in total. The predicted octanol–water partition coefficient (Wildman–Crippen LogP) is 6.34. The lowest BCUT2D eigenvalue weighted by Crippen LogP contribution is -2.36. The van der Waals surface area contributed by atoms with Gasteiger partial charge in [0.05, 0.1) is 0 Å². The third kappa shape index (κ3) is 6.73.